The Labute approximate surface area is 244 Å². The van der Waals surface area contributed by atoms with E-state index in [9.17, 15) is 14.7 Å². The van der Waals surface area contributed by atoms with Crippen LogP contribution in [-0.2, 0) is 9.59 Å². The van der Waals surface area contributed by atoms with Crippen molar-refractivity contribution < 1.29 is 33.6 Å². The van der Waals surface area contributed by atoms with Crippen molar-refractivity contribution in [3.05, 3.63) is 94.3 Å². The second-order valence-electron chi connectivity index (χ2n) is 10.2. The Morgan fingerprint density at radius 1 is 0.833 bits per heavy atom. The molecule has 0 fully saturated rings. The number of methoxy groups -OCH3 is 4. The van der Waals surface area contributed by atoms with Gasteiger partial charge >= 0.3 is 0 Å². The summed E-state index contributed by atoms with van der Waals surface area (Å²) in [7, 11) is 6.21. The molecule has 3 N–H and O–H groups in total. The molecule has 2 aliphatic rings. The largest absolute Gasteiger partial charge is 0.504 e. The van der Waals surface area contributed by atoms with Gasteiger partial charge < -0.3 is 34.7 Å². The predicted octanol–water partition coefficient (Wildman–Crippen LogP) is 5.43. The maximum absolute atomic E-state index is 14.0. The molecule has 0 saturated heterocycles. The molecule has 9 heteroatoms. The summed E-state index contributed by atoms with van der Waals surface area (Å²) < 4.78 is 21.5. The minimum atomic E-state index is -0.673. The summed E-state index contributed by atoms with van der Waals surface area (Å²) in [6.07, 6.45) is 0.821. The first-order valence-corrected chi connectivity index (χ1v) is 13.6. The molecule has 0 aromatic heterocycles. The van der Waals surface area contributed by atoms with Crippen LogP contribution >= 0.6 is 0 Å². The molecule has 1 amide bonds. The number of carbonyl (C=O) groups excluding carboxylic acids is 2. The second kappa shape index (κ2) is 11.9. The highest BCUT2D eigenvalue weighted by atomic mass is 16.5. The number of hydrogen-bond acceptors (Lipinski definition) is 8. The van der Waals surface area contributed by atoms with Gasteiger partial charge in [-0.1, -0.05) is 12.1 Å². The number of aromatic hydroxyl groups is 1. The van der Waals surface area contributed by atoms with Crippen molar-refractivity contribution in [3.8, 4) is 28.7 Å². The number of rotatable bonds is 8. The lowest BCUT2D eigenvalue weighted by Gasteiger charge is -2.37. The van der Waals surface area contributed by atoms with Gasteiger partial charge in [0.25, 0.3) is 5.91 Å². The molecule has 0 spiro atoms. The molecule has 3 aromatic carbocycles. The van der Waals surface area contributed by atoms with Gasteiger partial charge in [-0.25, -0.2) is 0 Å². The number of carbonyl (C=O) groups is 2. The predicted molar refractivity (Wildman–Crippen MR) is 158 cm³/mol. The number of phenols is 1. The zero-order valence-corrected chi connectivity index (χ0v) is 24.2. The molecule has 3 aromatic rings. The highest BCUT2D eigenvalue weighted by Gasteiger charge is 2.41. The molecule has 1 aliphatic carbocycles. The molecule has 9 nitrogen and oxygen atoms in total. The number of allylic oxidation sites excluding steroid dienone is 3. The quantitative estimate of drug-likeness (QED) is 0.329. The molecular weight excluding hydrogens is 536 g/mol. The molecule has 5 rings (SSSR count). The summed E-state index contributed by atoms with van der Waals surface area (Å²) in [4.78, 5) is 27.9. The third-order valence-corrected chi connectivity index (χ3v) is 7.84. The van der Waals surface area contributed by atoms with Gasteiger partial charge in [-0.2, -0.15) is 0 Å². The van der Waals surface area contributed by atoms with Gasteiger partial charge in [-0.15, -0.1) is 0 Å². The summed E-state index contributed by atoms with van der Waals surface area (Å²) in [5, 5.41) is 16.7. The standard InChI is InChI=1S/C33H34N2O7/c1-18-30(33(38)35-22-8-10-23(39-2)11-9-22)31(20-6-12-25(36)28(17-20)41-4)32-24(34-18)14-21(15-26(32)37)19-7-13-27(40-3)29(16-19)42-5/h6-13,16-17,21,31,34,36H,14-15H2,1-5H3,(H,35,38)/t21-,31+/m1/s1. The fraction of sp³-hybridized carbons (Fsp3) is 0.273. The summed E-state index contributed by atoms with van der Waals surface area (Å²) in [5.74, 6) is 0.932. The molecule has 0 bridgehead atoms. The van der Waals surface area contributed by atoms with Crippen molar-refractivity contribution in [2.45, 2.75) is 31.6 Å². The number of amides is 1. The maximum atomic E-state index is 14.0. The van der Waals surface area contributed by atoms with E-state index in [1.165, 1.54) is 13.2 Å². The number of hydrogen-bond donors (Lipinski definition) is 3. The van der Waals surface area contributed by atoms with Crippen LogP contribution in [0.5, 0.6) is 28.7 Å². The molecule has 0 radical (unpaired) electrons. The van der Waals surface area contributed by atoms with E-state index < -0.39 is 5.92 Å². The van der Waals surface area contributed by atoms with E-state index in [0.29, 0.717) is 51.8 Å². The molecule has 0 saturated carbocycles. The number of anilines is 1. The van der Waals surface area contributed by atoms with E-state index in [1.807, 2.05) is 25.1 Å². The number of ketones is 1. The van der Waals surface area contributed by atoms with Gasteiger partial charge in [-0.05, 0) is 78.9 Å². The van der Waals surface area contributed by atoms with E-state index in [2.05, 4.69) is 10.6 Å². The number of phenolic OH excluding ortho intramolecular Hbond substituents is 1. The Morgan fingerprint density at radius 2 is 1.50 bits per heavy atom. The van der Waals surface area contributed by atoms with E-state index in [0.717, 1.165) is 11.3 Å². The molecule has 218 valence electrons. The SMILES string of the molecule is COc1ccc(NC(=O)C2=C(C)NC3=C(C(=O)C[C@H](c4ccc(OC)c(OC)c4)C3)[C@H]2c2ccc(O)c(OC)c2)cc1. The molecule has 0 unspecified atom stereocenters. The zero-order chi connectivity index (χ0) is 30.0. The lowest BCUT2D eigenvalue weighted by molar-refractivity contribution is -0.116. The van der Waals surface area contributed by atoms with E-state index in [1.54, 1.807) is 57.7 Å². The second-order valence-corrected chi connectivity index (χ2v) is 10.2. The Bertz CT molecular complexity index is 1590. The van der Waals surface area contributed by atoms with Gasteiger partial charge in [0.15, 0.2) is 28.8 Å². The van der Waals surface area contributed by atoms with Gasteiger partial charge in [0.05, 0.1) is 28.4 Å². The fourth-order valence-electron chi connectivity index (χ4n) is 5.76. The van der Waals surface area contributed by atoms with Gasteiger partial charge in [-0.3, -0.25) is 9.59 Å². The molecule has 2 atom stereocenters. The van der Waals surface area contributed by atoms with Gasteiger partial charge in [0.1, 0.15) is 5.75 Å². The normalized spacial score (nSPS) is 18.2. The molecule has 1 heterocycles. The summed E-state index contributed by atoms with van der Waals surface area (Å²) >= 11 is 0. The van der Waals surface area contributed by atoms with Crippen LogP contribution in [0.4, 0.5) is 5.69 Å². The first-order valence-electron chi connectivity index (χ1n) is 13.6. The van der Waals surface area contributed by atoms with Crippen molar-refractivity contribution in [2.24, 2.45) is 0 Å². The lowest BCUT2D eigenvalue weighted by Crippen LogP contribution is -2.37. The average molecular weight is 571 g/mol. The number of ether oxygens (including phenoxy) is 4. The first kappa shape index (κ1) is 28.6. The third kappa shape index (κ3) is 5.37. The van der Waals surface area contributed by atoms with Crippen molar-refractivity contribution in [3.63, 3.8) is 0 Å². The topological polar surface area (TPSA) is 115 Å². The van der Waals surface area contributed by atoms with Crippen molar-refractivity contribution in [1.29, 1.82) is 0 Å². The van der Waals surface area contributed by atoms with Gasteiger partial charge in [0, 0.05) is 40.6 Å². The number of benzene rings is 3. The number of dihydropyridines is 1. The number of nitrogens with one attached hydrogen (secondary N) is 2. The van der Waals surface area contributed by atoms with Crippen LogP contribution in [0, 0.1) is 0 Å². The van der Waals surface area contributed by atoms with E-state index in [-0.39, 0.29) is 35.5 Å². The Morgan fingerprint density at radius 3 is 2.17 bits per heavy atom. The Balaban J connectivity index is 1.56. The Hall–Kier alpha value is -4.92. The average Bonchev–Trinajstić information content (AvgIpc) is 3.00. The fourth-order valence-corrected chi connectivity index (χ4v) is 5.76. The highest BCUT2D eigenvalue weighted by Crippen LogP contribution is 2.47. The smallest absolute Gasteiger partial charge is 0.254 e. The van der Waals surface area contributed by atoms with Crippen molar-refractivity contribution in [1.82, 2.24) is 5.32 Å². The van der Waals surface area contributed by atoms with Crippen LogP contribution in [0.1, 0.15) is 42.7 Å². The third-order valence-electron chi connectivity index (χ3n) is 7.84. The van der Waals surface area contributed by atoms with Crippen molar-refractivity contribution in [2.75, 3.05) is 33.8 Å². The summed E-state index contributed by atoms with van der Waals surface area (Å²) in [6, 6.07) is 17.7. The maximum Gasteiger partial charge on any atom is 0.254 e. The summed E-state index contributed by atoms with van der Waals surface area (Å²) in [5.41, 5.74) is 4.56. The van der Waals surface area contributed by atoms with Crippen LogP contribution in [0.25, 0.3) is 0 Å². The van der Waals surface area contributed by atoms with Gasteiger partial charge in [0.2, 0.25) is 0 Å². The monoisotopic (exact) mass is 570 g/mol. The Kier molecular flexibility index (Phi) is 8.10. The molecule has 42 heavy (non-hydrogen) atoms. The molecular formula is C33H34N2O7. The number of Topliss-reactive ketones (excluding diaryl/α,β-unsaturated/α-hetero) is 1. The zero-order valence-electron chi connectivity index (χ0n) is 24.2. The highest BCUT2D eigenvalue weighted by molar-refractivity contribution is 6.10. The first-order chi connectivity index (χ1) is 20.3. The molecule has 1 aliphatic heterocycles. The summed E-state index contributed by atoms with van der Waals surface area (Å²) in [6.45, 7) is 1.84. The van der Waals surface area contributed by atoms with E-state index in [4.69, 9.17) is 18.9 Å². The minimum Gasteiger partial charge on any atom is -0.504 e. The van der Waals surface area contributed by atoms with Crippen LogP contribution in [0.2, 0.25) is 0 Å². The van der Waals surface area contributed by atoms with Crippen LogP contribution in [0.15, 0.2) is 83.2 Å². The van der Waals surface area contributed by atoms with E-state index >= 15 is 0 Å². The van der Waals surface area contributed by atoms with Crippen molar-refractivity contribution >= 4 is 17.4 Å². The minimum absolute atomic E-state index is 0.0298. The van der Waals surface area contributed by atoms with Crippen LogP contribution in [-0.4, -0.2) is 45.2 Å². The van der Waals surface area contributed by atoms with Crippen LogP contribution < -0.4 is 29.6 Å². The lowest BCUT2D eigenvalue weighted by atomic mass is 9.71. The van der Waals surface area contributed by atoms with Crippen LogP contribution in [0.3, 0.4) is 0 Å².